The number of rotatable bonds is 4. The average Bonchev–Trinajstić information content (AvgIpc) is 2.30. The smallest absolute Gasteiger partial charge is 0.242 e. The Bertz CT molecular complexity index is 381. The first kappa shape index (κ1) is 13.4. The lowest BCUT2D eigenvalue weighted by molar-refractivity contribution is -0.122. The Morgan fingerprint density at radius 3 is 2.59 bits per heavy atom. The van der Waals surface area contributed by atoms with Gasteiger partial charge in [0.15, 0.2) is 5.11 Å². The first-order chi connectivity index (χ1) is 8.13. The van der Waals surface area contributed by atoms with Crippen molar-refractivity contribution >= 4 is 28.9 Å². The van der Waals surface area contributed by atoms with E-state index in [1.165, 1.54) is 0 Å². The van der Waals surface area contributed by atoms with Crippen LogP contribution in [-0.2, 0) is 4.79 Å². The fourth-order valence-electron chi connectivity index (χ4n) is 1.28. The van der Waals surface area contributed by atoms with E-state index in [1.807, 2.05) is 37.3 Å². The zero-order chi connectivity index (χ0) is 12.7. The van der Waals surface area contributed by atoms with Gasteiger partial charge in [0.05, 0.1) is 0 Å². The zero-order valence-corrected chi connectivity index (χ0v) is 10.8. The molecule has 4 nitrogen and oxygen atoms in total. The fraction of sp³-hybridized carbons (Fsp3) is 0.333. The van der Waals surface area contributed by atoms with Gasteiger partial charge in [-0.1, -0.05) is 18.2 Å². The predicted molar refractivity (Wildman–Crippen MR) is 73.9 cm³/mol. The van der Waals surface area contributed by atoms with Crippen molar-refractivity contribution < 1.29 is 4.79 Å². The summed E-state index contributed by atoms with van der Waals surface area (Å²) in [5.41, 5.74) is 0.896. The van der Waals surface area contributed by atoms with E-state index in [0.717, 1.165) is 5.69 Å². The molecule has 1 aromatic carbocycles. The SMILES string of the molecule is CCNC(=O)C(C)NC(=S)Nc1ccccc1. The van der Waals surface area contributed by atoms with Crippen molar-refractivity contribution in [3.05, 3.63) is 30.3 Å². The van der Waals surface area contributed by atoms with Crippen LogP contribution >= 0.6 is 12.2 Å². The van der Waals surface area contributed by atoms with Crippen LogP contribution in [0.4, 0.5) is 5.69 Å². The lowest BCUT2D eigenvalue weighted by Gasteiger charge is -2.16. The van der Waals surface area contributed by atoms with E-state index in [2.05, 4.69) is 16.0 Å². The first-order valence-electron chi connectivity index (χ1n) is 5.53. The monoisotopic (exact) mass is 251 g/mol. The van der Waals surface area contributed by atoms with Crippen LogP contribution in [0.5, 0.6) is 0 Å². The molecule has 0 aromatic heterocycles. The number of amides is 1. The number of benzene rings is 1. The Balaban J connectivity index is 2.42. The fourth-order valence-corrected chi connectivity index (χ4v) is 1.57. The van der Waals surface area contributed by atoms with Crippen LogP contribution in [0.15, 0.2) is 30.3 Å². The lowest BCUT2D eigenvalue weighted by atomic mass is 10.3. The number of hydrogen-bond donors (Lipinski definition) is 3. The number of carbonyl (C=O) groups is 1. The number of hydrogen-bond acceptors (Lipinski definition) is 2. The Hall–Kier alpha value is -1.62. The quantitative estimate of drug-likeness (QED) is 0.710. The Kier molecular flexibility index (Phi) is 5.42. The van der Waals surface area contributed by atoms with Gasteiger partial charge < -0.3 is 16.0 Å². The Morgan fingerprint density at radius 2 is 2.00 bits per heavy atom. The molecule has 0 saturated heterocycles. The number of para-hydroxylation sites is 1. The van der Waals surface area contributed by atoms with Crippen LogP contribution in [0.2, 0.25) is 0 Å². The summed E-state index contributed by atoms with van der Waals surface area (Å²) in [6.45, 7) is 4.26. The molecule has 0 aliphatic heterocycles. The molecule has 0 fully saturated rings. The molecule has 17 heavy (non-hydrogen) atoms. The molecule has 0 spiro atoms. The van der Waals surface area contributed by atoms with Crippen LogP contribution in [0.1, 0.15) is 13.8 Å². The molecule has 0 aliphatic carbocycles. The number of nitrogens with one attached hydrogen (secondary N) is 3. The minimum absolute atomic E-state index is 0.0651. The van der Waals surface area contributed by atoms with Crippen LogP contribution < -0.4 is 16.0 Å². The van der Waals surface area contributed by atoms with E-state index in [4.69, 9.17) is 12.2 Å². The summed E-state index contributed by atoms with van der Waals surface area (Å²) < 4.78 is 0. The highest BCUT2D eigenvalue weighted by atomic mass is 32.1. The number of thiocarbonyl (C=S) groups is 1. The zero-order valence-electron chi connectivity index (χ0n) is 9.99. The summed E-state index contributed by atoms with van der Waals surface area (Å²) in [5, 5.41) is 9.10. The number of likely N-dealkylation sites (N-methyl/N-ethyl adjacent to an activating group) is 1. The maximum Gasteiger partial charge on any atom is 0.242 e. The molecule has 0 saturated carbocycles. The first-order valence-corrected chi connectivity index (χ1v) is 5.94. The summed E-state index contributed by atoms with van der Waals surface area (Å²) in [4.78, 5) is 11.5. The predicted octanol–water partition coefficient (Wildman–Crippen LogP) is 1.50. The summed E-state index contributed by atoms with van der Waals surface area (Å²) in [7, 11) is 0. The molecule has 0 aliphatic rings. The molecule has 3 N–H and O–H groups in total. The standard InChI is InChI=1S/C12H17N3OS/c1-3-13-11(16)9(2)14-12(17)15-10-7-5-4-6-8-10/h4-9H,3H2,1-2H3,(H,13,16)(H2,14,15,17). The van der Waals surface area contributed by atoms with E-state index in [9.17, 15) is 4.79 Å². The highest BCUT2D eigenvalue weighted by molar-refractivity contribution is 7.80. The minimum atomic E-state index is -0.348. The van der Waals surface area contributed by atoms with Gasteiger partial charge in [-0.25, -0.2) is 0 Å². The summed E-state index contributed by atoms with van der Waals surface area (Å²) >= 11 is 5.11. The van der Waals surface area contributed by atoms with Gasteiger partial charge in [-0.3, -0.25) is 4.79 Å². The second-order valence-corrected chi connectivity index (χ2v) is 3.99. The third-order valence-corrected chi connectivity index (χ3v) is 2.34. The molecule has 92 valence electrons. The van der Waals surface area contributed by atoms with Crippen molar-refractivity contribution in [3.63, 3.8) is 0 Å². The number of anilines is 1. The normalized spacial score (nSPS) is 11.4. The number of carbonyl (C=O) groups excluding carboxylic acids is 1. The van der Waals surface area contributed by atoms with E-state index < -0.39 is 0 Å². The molecule has 1 amide bonds. The molecule has 0 heterocycles. The topological polar surface area (TPSA) is 53.2 Å². The van der Waals surface area contributed by atoms with Gasteiger partial charge in [0, 0.05) is 12.2 Å². The van der Waals surface area contributed by atoms with Gasteiger partial charge in [-0.2, -0.15) is 0 Å². The second-order valence-electron chi connectivity index (χ2n) is 3.58. The molecule has 1 unspecified atom stereocenters. The minimum Gasteiger partial charge on any atom is -0.355 e. The molecule has 0 radical (unpaired) electrons. The third-order valence-electron chi connectivity index (χ3n) is 2.12. The third kappa shape index (κ3) is 4.82. The molecule has 1 aromatic rings. The maximum atomic E-state index is 11.5. The average molecular weight is 251 g/mol. The van der Waals surface area contributed by atoms with Crippen molar-refractivity contribution in [1.29, 1.82) is 0 Å². The summed E-state index contributed by atoms with van der Waals surface area (Å²) in [6.07, 6.45) is 0. The van der Waals surface area contributed by atoms with E-state index >= 15 is 0 Å². The summed E-state index contributed by atoms with van der Waals surface area (Å²) in [5.74, 6) is -0.0651. The van der Waals surface area contributed by atoms with Gasteiger partial charge in [0.1, 0.15) is 6.04 Å². The van der Waals surface area contributed by atoms with E-state index in [1.54, 1.807) is 6.92 Å². The van der Waals surface area contributed by atoms with Crippen LogP contribution in [-0.4, -0.2) is 23.6 Å². The molecule has 5 heteroatoms. The van der Waals surface area contributed by atoms with Gasteiger partial charge in [0.25, 0.3) is 0 Å². The molecular formula is C12H17N3OS. The van der Waals surface area contributed by atoms with E-state index in [0.29, 0.717) is 11.7 Å². The molecule has 0 bridgehead atoms. The second kappa shape index (κ2) is 6.85. The van der Waals surface area contributed by atoms with Crippen LogP contribution in [0, 0.1) is 0 Å². The lowest BCUT2D eigenvalue weighted by Crippen LogP contribution is -2.46. The largest absolute Gasteiger partial charge is 0.355 e. The van der Waals surface area contributed by atoms with Crippen LogP contribution in [0.3, 0.4) is 0 Å². The van der Waals surface area contributed by atoms with Crippen molar-refractivity contribution in [2.24, 2.45) is 0 Å². The van der Waals surface area contributed by atoms with Crippen molar-refractivity contribution in [2.45, 2.75) is 19.9 Å². The van der Waals surface area contributed by atoms with Crippen LogP contribution in [0.25, 0.3) is 0 Å². The van der Waals surface area contributed by atoms with Gasteiger partial charge in [-0.05, 0) is 38.2 Å². The van der Waals surface area contributed by atoms with Crippen molar-refractivity contribution in [3.8, 4) is 0 Å². The van der Waals surface area contributed by atoms with Crippen molar-refractivity contribution in [1.82, 2.24) is 10.6 Å². The molecule has 1 rings (SSSR count). The highest BCUT2D eigenvalue weighted by Crippen LogP contribution is 2.04. The highest BCUT2D eigenvalue weighted by Gasteiger charge is 2.12. The van der Waals surface area contributed by atoms with Gasteiger partial charge >= 0.3 is 0 Å². The maximum absolute atomic E-state index is 11.5. The molecular weight excluding hydrogens is 234 g/mol. The Labute approximate surface area is 107 Å². The summed E-state index contributed by atoms with van der Waals surface area (Å²) in [6, 6.07) is 9.23. The van der Waals surface area contributed by atoms with E-state index in [-0.39, 0.29) is 11.9 Å². The molecule has 1 atom stereocenters. The van der Waals surface area contributed by atoms with Gasteiger partial charge in [-0.15, -0.1) is 0 Å². The Morgan fingerprint density at radius 1 is 1.35 bits per heavy atom. The van der Waals surface area contributed by atoms with Gasteiger partial charge in [0.2, 0.25) is 5.91 Å². The van der Waals surface area contributed by atoms with Crippen molar-refractivity contribution in [2.75, 3.05) is 11.9 Å².